The highest BCUT2D eigenvalue weighted by Gasteiger charge is 2.25. The molecule has 2 aliphatic rings. The van der Waals surface area contributed by atoms with Crippen molar-refractivity contribution in [1.29, 1.82) is 0 Å². The van der Waals surface area contributed by atoms with Crippen LogP contribution in [0.5, 0.6) is 5.75 Å². The highest BCUT2D eigenvalue weighted by molar-refractivity contribution is 6.33. The second kappa shape index (κ2) is 7.46. The molecule has 2 aromatic carbocycles. The molecule has 1 unspecified atom stereocenters. The van der Waals surface area contributed by atoms with Crippen molar-refractivity contribution in [3.63, 3.8) is 0 Å². The molecule has 4 rings (SSSR count). The van der Waals surface area contributed by atoms with Gasteiger partial charge in [-0.15, -0.1) is 0 Å². The van der Waals surface area contributed by atoms with Gasteiger partial charge in [0.25, 0.3) is 0 Å². The van der Waals surface area contributed by atoms with E-state index >= 15 is 0 Å². The number of fused-ring (bicyclic) bond motifs is 1. The number of urea groups is 1. The van der Waals surface area contributed by atoms with Gasteiger partial charge in [-0.05, 0) is 23.8 Å². The third-order valence-corrected chi connectivity index (χ3v) is 5.27. The Labute approximate surface area is 158 Å². The zero-order valence-electron chi connectivity index (χ0n) is 14.5. The molecule has 1 fully saturated rings. The first-order valence-electron chi connectivity index (χ1n) is 8.97. The Bertz CT molecular complexity index is 765. The van der Waals surface area contributed by atoms with E-state index in [2.05, 4.69) is 16.3 Å². The lowest BCUT2D eigenvalue weighted by Gasteiger charge is -2.36. The van der Waals surface area contributed by atoms with Gasteiger partial charge in [0.15, 0.2) is 0 Å². The molecule has 0 aliphatic carbocycles. The van der Waals surface area contributed by atoms with E-state index in [1.165, 1.54) is 5.56 Å². The van der Waals surface area contributed by atoms with E-state index < -0.39 is 0 Å². The monoisotopic (exact) mass is 371 g/mol. The highest BCUT2D eigenvalue weighted by atomic mass is 35.5. The molecule has 2 aromatic rings. The van der Waals surface area contributed by atoms with Gasteiger partial charge in [0.1, 0.15) is 11.9 Å². The molecule has 0 bridgehead atoms. The molecule has 26 heavy (non-hydrogen) atoms. The third-order valence-electron chi connectivity index (χ3n) is 4.95. The maximum Gasteiger partial charge on any atom is 0.317 e. The number of para-hydroxylation sites is 2. The van der Waals surface area contributed by atoms with Gasteiger partial charge >= 0.3 is 6.03 Å². The Morgan fingerprint density at radius 2 is 1.81 bits per heavy atom. The topological polar surface area (TPSA) is 44.8 Å². The summed E-state index contributed by atoms with van der Waals surface area (Å²) in [5.74, 6) is 0.931. The zero-order chi connectivity index (χ0) is 17.9. The normalized spacial score (nSPS) is 19.0. The fraction of sp³-hybridized carbons (Fsp3) is 0.350. The van der Waals surface area contributed by atoms with Crippen LogP contribution in [0.15, 0.2) is 48.5 Å². The number of nitrogens with one attached hydrogen (secondary N) is 1. The standard InChI is InChI=1S/C20H22ClN3O2/c21-17-6-2-3-7-18(17)23-9-11-24(12-10-23)20(25)22-14-16-13-15-5-1-4-8-19(15)26-16/h1-8,16H,9-14H2,(H,22,25). The summed E-state index contributed by atoms with van der Waals surface area (Å²) in [4.78, 5) is 16.5. The predicted octanol–water partition coefficient (Wildman–Crippen LogP) is 3.18. The van der Waals surface area contributed by atoms with Crippen molar-refractivity contribution in [3.8, 4) is 5.75 Å². The predicted molar refractivity (Wildman–Crippen MR) is 103 cm³/mol. The van der Waals surface area contributed by atoms with Crippen molar-refractivity contribution in [1.82, 2.24) is 10.2 Å². The van der Waals surface area contributed by atoms with Crippen LogP contribution < -0.4 is 15.0 Å². The number of piperazine rings is 1. The van der Waals surface area contributed by atoms with Crippen LogP contribution in [0.4, 0.5) is 10.5 Å². The number of nitrogens with zero attached hydrogens (tertiary/aromatic N) is 2. The quantitative estimate of drug-likeness (QED) is 0.901. The van der Waals surface area contributed by atoms with E-state index in [1.807, 2.05) is 47.4 Å². The largest absolute Gasteiger partial charge is 0.488 e. The van der Waals surface area contributed by atoms with Crippen LogP contribution in [0, 0.1) is 0 Å². The van der Waals surface area contributed by atoms with Gasteiger partial charge in [-0.3, -0.25) is 0 Å². The SMILES string of the molecule is O=C(NCC1Cc2ccccc2O1)N1CCN(c2ccccc2Cl)CC1. The minimum Gasteiger partial charge on any atom is -0.488 e. The van der Waals surface area contributed by atoms with Gasteiger partial charge < -0.3 is 19.9 Å². The van der Waals surface area contributed by atoms with Crippen molar-refractivity contribution < 1.29 is 9.53 Å². The fourth-order valence-electron chi connectivity index (χ4n) is 3.54. The minimum absolute atomic E-state index is 0.0146. The van der Waals surface area contributed by atoms with Gasteiger partial charge in [0.05, 0.1) is 17.3 Å². The smallest absolute Gasteiger partial charge is 0.317 e. The van der Waals surface area contributed by atoms with Crippen LogP contribution in [0.1, 0.15) is 5.56 Å². The number of anilines is 1. The molecular weight excluding hydrogens is 350 g/mol. The summed E-state index contributed by atoms with van der Waals surface area (Å²) < 4.78 is 5.88. The molecular formula is C20H22ClN3O2. The Kier molecular flexibility index (Phi) is 4.89. The fourth-order valence-corrected chi connectivity index (χ4v) is 3.79. The van der Waals surface area contributed by atoms with Crippen molar-refractivity contribution >= 4 is 23.3 Å². The van der Waals surface area contributed by atoms with E-state index in [9.17, 15) is 4.79 Å². The molecule has 2 heterocycles. The first kappa shape index (κ1) is 17.0. The summed E-state index contributed by atoms with van der Waals surface area (Å²) in [5.41, 5.74) is 2.24. The molecule has 0 aromatic heterocycles. The van der Waals surface area contributed by atoms with Gasteiger partial charge in [-0.1, -0.05) is 41.9 Å². The van der Waals surface area contributed by atoms with Crippen molar-refractivity contribution in [2.24, 2.45) is 0 Å². The average molecular weight is 372 g/mol. The molecule has 5 nitrogen and oxygen atoms in total. The molecule has 1 N–H and O–H groups in total. The van der Waals surface area contributed by atoms with Crippen LogP contribution in [0.2, 0.25) is 5.02 Å². The van der Waals surface area contributed by atoms with E-state index in [4.69, 9.17) is 16.3 Å². The lowest BCUT2D eigenvalue weighted by atomic mass is 10.1. The number of amides is 2. The summed E-state index contributed by atoms with van der Waals surface area (Å²) >= 11 is 6.27. The number of rotatable bonds is 3. The third kappa shape index (κ3) is 3.58. The first-order valence-corrected chi connectivity index (χ1v) is 9.35. The van der Waals surface area contributed by atoms with Crippen LogP contribution in [-0.4, -0.2) is 49.8 Å². The number of benzene rings is 2. The number of carbonyl (C=O) groups excluding carboxylic acids is 1. The molecule has 2 amide bonds. The van der Waals surface area contributed by atoms with Crippen LogP contribution in [0.25, 0.3) is 0 Å². The summed E-state index contributed by atoms with van der Waals surface area (Å²) in [7, 11) is 0. The summed E-state index contributed by atoms with van der Waals surface area (Å²) in [6.07, 6.45) is 0.859. The van der Waals surface area contributed by atoms with E-state index in [1.54, 1.807) is 0 Å². The van der Waals surface area contributed by atoms with Gasteiger partial charge in [0.2, 0.25) is 0 Å². The summed E-state index contributed by atoms with van der Waals surface area (Å²) in [5, 5.41) is 3.77. The maximum atomic E-state index is 12.5. The number of hydrogen-bond donors (Lipinski definition) is 1. The van der Waals surface area contributed by atoms with Crippen molar-refractivity contribution in [2.75, 3.05) is 37.6 Å². The van der Waals surface area contributed by atoms with Crippen molar-refractivity contribution in [3.05, 3.63) is 59.1 Å². The van der Waals surface area contributed by atoms with Crippen LogP contribution >= 0.6 is 11.6 Å². The number of halogens is 1. The Balaban J connectivity index is 1.25. The van der Waals surface area contributed by atoms with E-state index in [0.29, 0.717) is 19.6 Å². The van der Waals surface area contributed by atoms with Gasteiger partial charge in [-0.2, -0.15) is 0 Å². The average Bonchev–Trinajstić information content (AvgIpc) is 3.10. The van der Waals surface area contributed by atoms with Crippen LogP contribution in [0.3, 0.4) is 0 Å². The van der Waals surface area contributed by atoms with Gasteiger partial charge in [0, 0.05) is 32.6 Å². The lowest BCUT2D eigenvalue weighted by Crippen LogP contribution is -2.53. The second-order valence-corrected chi connectivity index (χ2v) is 7.07. The molecule has 6 heteroatoms. The molecule has 136 valence electrons. The molecule has 2 aliphatic heterocycles. The minimum atomic E-state index is -0.0247. The van der Waals surface area contributed by atoms with Crippen molar-refractivity contribution in [2.45, 2.75) is 12.5 Å². The second-order valence-electron chi connectivity index (χ2n) is 6.66. The molecule has 1 saturated heterocycles. The van der Waals surface area contributed by atoms with E-state index in [-0.39, 0.29) is 12.1 Å². The Morgan fingerprint density at radius 1 is 1.08 bits per heavy atom. The van der Waals surface area contributed by atoms with E-state index in [0.717, 1.165) is 36.0 Å². The lowest BCUT2D eigenvalue weighted by molar-refractivity contribution is 0.182. The zero-order valence-corrected chi connectivity index (χ0v) is 15.3. The summed E-state index contributed by atoms with van der Waals surface area (Å²) in [6.45, 7) is 3.45. The maximum absolute atomic E-state index is 12.5. The number of carbonyl (C=O) groups is 1. The molecule has 1 atom stereocenters. The number of ether oxygens (including phenoxy) is 1. The molecule has 0 saturated carbocycles. The van der Waals surface area contributed by atoms with Crippen LogP contribution in [-0.2, 0) is 6.42 Å². The Morgan fingerprint density at radius 3 is 2.58 bits per heavy atom. The van der Waals surface area contributed by atoms with Gasteiger partial charge in [-0.25, -0.2) is 4.79 Å². The summed E-state index contributed by atoms with van der Waals surface area (Å²) in [6, 6.07) is 15.8. The highest BCUT2D eigenvalue weighted by Crippen LogP contribution is 2.28. The molecule has 0 radical (unpaired) electrons. The first-order chi connectivity index (χ1) is 12.7. The Hall–Kier alpha value is -2.40. The molecule has 0 spiro atoms. The number of hydrogen-bond acceptors (Lipinski definition) is 3.